The maximum atomic E-state index is 12.1. The van der Waals surface area contributed by atoms with Crippen molar-refractivity contribution in [2.45, 2.75) is 52.6 Å². The summed E-state index contributed by atoms with van der Waals surface area (Å²) in [5.74, 6) is 0.108. The number of nitrogens with zero attached hydrogens (tertiary/aromatic N) is 1. The average Bonchev–Trinajstić information content (AvgIpc) is 2.34. The summed E-state index contributed by atoms with van der Waals surface area (Å²) in [6.45, 7) is 7.98. The first-order valence-corrected chi connectivity index (χ1v) is 6.97. The first kappa shape index (κ1) is 17.9. The number of nitrogens with two attached hydrogens (primary N) is 1. The predicted molar refractivity (Wildman–Crippen MR) is 77.5 cm³/mol. The molecule has 0 saturated carbocycles. The zero-order valence-corrected chi connectivity index (χ0v) is 13.1. The molecule has 2 amide bonds. The average molecular weight is 271 g/mol. The maximum Gasteiger partial charge on any atom is 0.244 e. The van der Waals surface area contributed by atoms with Gasteiger partial charge >= 0.3 is 0 Å². The smallest absolute Gasteiger partial charge is 0.244 e. The Labute approximate surface area is 116 Å². The van der Waals surface area contributed by atoms with Crippen LogP contribution in [-0.4, -0.2) is 42.9 Å². The predicted octanol–water partition coefficient (Wildman–Crippen LogP) is 0.979. The molecule has 0 aliphatic rings. The number of rotatable bonds is 7. The minimum Gasteiger partial charge on any atom is -0.347 e. The Kier molecular flexibility index (Phi) is 7.68. The summed E-state index contributed by atoms with van der Waals surface area (Å²) in [6.07, 6.45) is 1.46. The third-order valence-corrected chi connectivity index (χ3v) is 3.32. The molecular formula is C14H29N3O2. The van der Waals surface area contributed by atoms with E-state index in [0.717, 1.165) is 6.42 Å². The molecule has 0 aromatic rings. The highest BCUT2D eigenvalue weighted by molar-refractivity contribution is 5.89. The van der Waals surface area contributed by atoms with E-state index in [1.54, 1.807) is 14.1 Å². The summed E-state index contributed by atoms with van der Waals surface area (Å²) in [7, 11) is 3.38. The Morgan fingerprint density at radius 1 is 1.21 bits per heavy atom. The minimum absolute atomic E-state index is 0.0848. The van der Waals surface area contributed by atoms with Gasteiger partial charge in [0.2, 0.25) is 11.8 Å². The molecule has 0 aliphatic heterocycles. The van der Waals surface area contributed by atoms with Crippen LogP contribution >= 0.6 is 0 Å². The summed E-state index contributed by atoms with van der Waals surface area (Å²) in [5.41, 5.74) is 5.89. The van der Waals surface area contributed by atoms with Gasteiger partial charge in [0.05, 0.1) is 6.04 Å². The summed E-state index contributed by atoms with van der Waals surface area (Å²) < 4.78 is 0. The Balaban J connectivity index is 4.72. The molecule has 2 unspecified atom stereocenters. The molecule has 0 heterocycles. The fourth-order valence-electron chi connectivity index (χ4n) is 1.78. The van der Waals surface area contributed by atoms with E-state index in [1.807, 2.05) is 27.7 Å². The number of hydrogen-bond acceptors (Lipinski definition) is 3. The molecule has 5 nitrogen and oxygen atoms in total. The highest BCUT2D eigenvalue weighted by Gasteiger charge is 2.27. The van der Waals surface area contributed by atoms with E-state index in [9.17, 15) is 9.59 Å². The number of amides is 2. The van der Waals surface area contributed by atoms with Gasteiger partial charge in [-0.1, -0.05) is 34.1 Å². The standard InChI is InChI=1S/C14H29N3O2/c1-7-10(4)12(15)13(18)16-11(8-9(2)3)14(19)17(5)6/h9-12H,7-8,15H2,1-6H3,(H,16,18)/t10?,11?,12-/m0/s1. The second kappa shape index (κ2) is 8.15. The van der Waals surface area contributed by atoms with Crippen molar-refractivity contribution < 1.29 is 9.59 Å². The zero-order chi connectivity index (χ0) is 15.2. The first-order chi connectivity index (χ1) is 8.70. The van der Waals surface area contributed by atoms with E-state index in [0.29, 0.717) is 12.3 Å². The van der Waals surface area contributed by atoms with Crippen LogP contribution in [0.2, 0.25) is 0 Å². The van der Waals surface area contributed by atoms with Crippen LogP contribution in [0, 0.1) is 11.8 Å². The Morgan fingerprint density at radius 3 is 2.11 bits per heavy atom. The van der Waals surface area contributed by atoms with Gasteiger partial charge in [0, 0.05) is 14.1 Å². The number of carbonyl (C=O) groups excluding carboxylic acids is 2. The number of hydrogen-bond donors (Lipinski definition) is 2. The van der Waals surface area contributed by atoms with Gasteiger partial charge in [-0.2, -0.15) is 0 Å². The van der Waals surface area contributed by atoms with Crippen LogP contribution in [0.3, 0.4) is 0 Å². The molecule has 5 heteroatoms. The summed E-state index contributed by atoms with van der Waals surface area (Å²) in [5, 5.41) is 2.79. The fourth-order valence-corrected chi connectivity index (χ4v) is 1.78. The molecule has 3 atom stereocenters. The lowest BCUT2D eigenvalue weighted by atomic mass is 9.97. The largest absolute Gasteiger partial charge is 0.347 e. The minimum atomic E-state index is -0.561. The Hall–Kier alpha value is -1.10. The first-order valence-electron chi connectivity index (χ1n) is 6.97. The molecule has 0 spiro atoms. The molecule has 0 bridgehead atoms. The van der Waals surface area contributed by atoms with Crippen LogP contribution in [0.4, 0.5) is 0 Å². The summed E-state index contributed by atoms with van der Waals surface area (Å²) in [4.78, 5) is 25.6. The van der Waals surface area contributed by atoms with E-state index in [4.69, 9.17) is 5.73 Å². The van der Waals surface area contributed by atoms with Crippen molar-refractivity contribution >= 4 is 11.8 Å². The van der Waals surface area contributed by atoms with E-state index >= 15 is 0 Å². The van der Waals surface area contributed by atoms with Crippen molar-refractivity contribution in [2.24, 2.45) is 17.6 Å². The van der Waals surface area contributed by atoms with Crippen LogP contribution in [0.5, 0.6) is 0 Å². The summed E-state index contributed by atoms with van der Waals surface area (Å²) in [6, 6.07) is -1.05. The highest BCUT2D eigenvalue weighted by atomic mass is 16.2. The Morgan fingerprint density at radius 2 is 1.74 bits per heavy atom. The van der Waals surface area contributed by atoms with Gasteiger partial charge in [0.25, 0.3) is 0 Å². The summed E-state index contributed by atoms with van der Waals surface area (Å²) >= 11 is 0. The monoisotopic (exact) mass is 271 g/mol. The van der Waals surface area contributed by atoms with Gasteiger partial charge in [-0.25, -0.2) is 0 Å². The molecule has 0 radical (unpaired) electrons. The number of likely N-dealkylation sites (N-methyl/N-ethyl adjacent to an activating group) is 1. The van der Waals surface area contributed by atoms with Crippen LogP contribution in [0.1, 0.15) is 40.5 Å². The van der Waals surface area contributed by atoms with Crippen molar-refractivity contribution in [2.75, 3.05) is 14.1 Å². The van der Waals surface area contributed by atoms with Gasteiger partial charge in [-0.15, -0.1) is 0 Å². The second-order valence-corrected chi connectivity index (χ2v) is 5.83. The third kappa shape index (κ3) is 6.05. The van der Waals surface area contributed by atoms with Crippen LogP contribution < -0.4 is 11.1 Å². The highest BCUT2D eigenvalue weighted by Crippen LogP contribution is 2.09. The molecule has 0 saturated heterocycles. The lowest BCUT2D eigenvalue weighted by molar-refractivity contribution is -0.135. The van der Waals surface area contributed by atoms with Crippen molar-refractivity contribution in [3.05, 3.63) is 0 Å². The maximum absolute atomic E-state index is 12.1. The molecule has 0 aromatic heterocycles. The van der Waals surface area contributed by atoms with E-state index < -0.39 is 12.1 Å². The molecule has 0 fully saturated rings. The zero-order valence-electron chi connectivity index (χ0n) is 13.1. The number of nitrogens with one attached hydrogen (secondary N) is 1. The van der Waals surface area contributed by atoms with Gasteiger partial charge in [0.1, 0.15) is 6.04 Å². The van der Waals surface area contributed by atoms with Crippen molar-refractivity contribution in [3.8, 4) is 0 Å². The molecule has 0 rings (SSSR count). The van der Waals surface area contributed by atoms with Crippen LogP contribution in [-0.2, 0) is 9.59 Å². The molecule has 0 aromatic carbocycles. The normalized spacial score (nSPS) is 15.8. The van der Waals surface area contributed by atoms with Gasteiger partial charge in [0.15, 0.2) is 0 Å². The third-order valence-electron chi connectivity index (χ3n) is 3.32. The van der Waals surface area contributed by atoms with E-state index in [1.165, 1.54) is 4.90 Å². The lowest BCUT2D eigenvalue weighted by Crippen LogP contribution is -2.53. The lowest BCUT2D eigenvalue weighted by Gasteiger charge is -2.26. The van der Waals surface area contributed by atoms with Crippen molar-refractivity contribution in [3.63, 3.8) is 0 Å². The van der Waals surface area contributed by atoms with Gasteiger partial charge < -0.3 is 16.0 Å². The molecular weight excluding hydrogens is 242 g/mol. The van der Waals surface area contributed by atoms with Gasteiger partial charge in [-0.05, 0) is 18.3 Å². The van der Waals surface area contributed by atoms with Crippen LogP contribution in [0.25, 0.3) is 0 Å². The molecule has 19 heavy (non-hydrogen) atoms. The fraction of sp³-hybridized carbons (Fsp3) is 0.857. The quantitative estimate of drug-likeness (QED) is 0.724. The topological polar surface area (TPSA) is 75.4 Å². The SMILES string of the molecule is CCC(C)[C@H](N)C(=O)NC(CC(C)C)C(=O)N(C)C. The molecule has 3 N–H and O–H groups in total. The van der Waals surface area contributed by atoms with Crippen molar-refractivity contribution in [1.29, 1.82) is 0 Å². The van der Waals surface area contributed by atoms with Gasteiger partial charge in [-0.3, -0.25) is 9.59 Å². The number of carbonyl (C=O) groups is 2. The van der Waals surface area contributed by atoms with E-state index in [2.05, 4.69) is 5.32 Å². The van der Waals surface area contributed by atoms with Crippen LogP contribution in [0.15, 0.2) is 0 Å². The second-order valence-electron chi connectivity index (χ2n) is 5.83. The molecule has 0 aliphatic carbocycles. The van der Waals surface area contributed by atoms with Crippen molar-refractivity contribution in [1.82, 2.24) is 10.2 Å². The Bertz CT molecular complexity index is 303. The van der Waals surface area contributed by atoms with E-state index in [-0.39, 0.29) is 17.7 Å². The molecule has 112 valence electrons.